The van der Waals surface area contributed by atoms with Crippen molar-refractivity contribution in [3.05, 3.63) is 81.4 Å². The number of aryl methyl sites for hydroxylation is 1. The molecule has 0 saturated heterocycles. The number of hydrogen-bond acceptors (Lipinski definition) is 6. The Hall–Kier alpha value is -2.94. The van der Waals surface area contributed by atoms with Crippen molar-refractivity contribution >= 4 is 56.6 Å². The normalized spacial score (nSPS) is 10.9. The number of aromatic nitrogens is 3. The second-order valence-electron chi connectivity index (χ2n) is 7.00. The molecule has 0 aliphatic rings. The van der Waals surface area contributed by atoms with Gasteiger partial charge in [0.1, 0.15) is 0 Å². The summed E-state index contributed by atoms with van der Waals surface area (Å²) in [5.41, 5.74) is 3.28. The van der Waals surface area contributed by atoms with Gasteiger partial charge in [0.05, 0.1) is 22.3 Å². The maximum atomic E-state index is 12.9. The Balaban J connectivity index is 1.49. The lowest BCUT2D eigenvalue weighted by atomic mass is 10.1. The van der Waals surface area contributed by atoms with Gasteiger partial charge in [0.25, 0.3) is 5.56 Å². The molecule has 0 aliphatic carbocycles. The monoisotopic (exact) mass is 482 g/mol. The van der Waals surface area contributed by atoms with Crippen LogP contribution < -0.4 is 10.9 Å². The van der Waals surface area contributed by atoms with E-state index >= 15 is 0 Å². The average molecular weight is 483 g/mol. The van der Waals surface area contributed by atoms with Crippen LogP contribution in [0.1, 0.15) is 5.56 Å². The van der Waals surface area contributed by atoms with Gasteiger partial charge in [0.2, 0.25) is 5.91 Å². The molecule has 0 spiro atoms. The van der Waals surface area contributed by atoms with Crippen LogP contribution in [0.15, 0.2) is 70.5 Å². The first-order valence-corrected chi connectivity index (χ1v) is 11.9. The summed E-state index contributed by atoms with van der Waals surface area (Å²) in [5.74, 6) is -0.153. The molecule has 0 bridgehead atoms. The molecule has 4 aromatic rings. The number of carbonyl (C=O) groups excluding carboxylic acids is 1. The van der Waals surface area contributed by atoms with E-state index in [2.05, 4.69) is 21.9 Å². The molecule has 9 heteroatoms. The highest BCUT2D eigenvalue weighted by Crippen LogP contribution is 2.26. The quantitative estimate of drug-likeness (QED) is 0.217. The number of nitrogens with zero attached hydrogens (tertiary/aromatic N) is 3. The number of halogens is 1. The van der Waals surface area contributed by atoms with Gasteiger partial charge in [-0.3, -0.25) is 14.2 Å². The van der Waals surface area contributed by atoms with Gasteiger partial charge in [0.15, 0.2) is 10.3 Å². The minimum absolute atomic E-state index is 0.0785. The molecule has 1 N–H and O–H groups in total. The summed E-state index contributed by atoms with van der Waals surface area (Å²) in [6, 6.07) is 13.0. The zero-order chi connectivity index (χ0) is 22.7. The van der Waals surface area contributed by atoms with Crippen molar-refractivity contribution in [3.8, 4) is 11.3 Å². The highest BCUT2D eigenvalue weighted by molar-refractivity contribution is 7.99. The van der Waals surface area contributed by atoms with E-state index in [0.29, 0.717) is 32.8 Å². The lowest BCUT2D eigenvalue weighted by Gasteiger charge is -2.11. The van der Waals surface area contributed by atoms with E-state index in [1.165, 1.54) is 33.2 Å². The highest BCUT2D eigenvalue weighted by Gasteiger charge is 2.14. The molecule has 32 heavy (non-hydrogen) atoms. The zero-order valence-corrected chi connectivity index (χ0v) is 19.6. The van der Waals surface area contributed by atoms with Crippen LogP contribution in [-0.2, 0) is 11.3 Å². The minimum Gasteiger partial charge on any atom is -0.301 e. The predicted octanol–water partition coefficient (Wildman–Crippen LogP) is 5.40. The SMILES string of the molecule is C=CCn1c(SCC(=O)Nc2nc(-c3ccc(C)cc3)cs2)nc2cc(Cl)ccc2c1=O. The molecule has 0 saturated carbocycles. The van der Waals surface area contributed by atoms with Gasteiger partial charge in [-0.1, -0.05) is 59.3 Å². The molecule has 162 valence electrons. The summed E-state index contributed by atoms with van der Waals surface area (Å²) >= 11 is 8.60. The maximum absolute atomic E-state index is 12.9. The first-order valence-electron chi connectivity index (χ1n) is 9.71. The second kappa shape index (κ2) is 9.68. The van der Waals surface area contributed by atoms with E-state index in [0.717, 1.165) is 11.3 Å². The molecule has 2 heterocycles. The first kappa shape index (κ1) is 22.3. The van der Waals surface area contributed by atoms with Crippen LogP contribution >= 0.6 is 34.7 Å². The number of anilines is 1. The molecular weight excluding hydrogens is 464 g/mol. The number of benzene rings is 2. The van der Waals surface area contributed by atoms with Crippen LogP contribution in [0.5, 0.6) is 0 Å². The standard InChI is InChI=1S/C23H19ClN4O2S2/c1-3-10-28-21(30)17-9-8-16(24)11-18(17)26-23(28)32-13-20(29)27-22-25-19(12-31-22)15-6-4-14(2)5-7-15/h3-9,11-12H,1,10,13H2,2H3,(H,25,27,29). The lowest BCUT2D eigenvalue weighted by Crippen LogP contribution is -2.23. The molecular formula is C23H19ClN4O2S2. The Morgan fingerprint density at radius 1 is 1.25 bits per heavy atom. The van der Waals surface area contributed by atoms with Crippen molar-refractivity contribution in [2.45, 2.75) is 18.6 Å². The fourth-order valence-electron chi connectivity index (χ4n) is 3.05. The van der Waals surface area contributed by atoms with E-state index in [9.17, 15) is 9.59 Å². The van der Waals surface area contributed by atoms with Gasteiger partial charge in [-0.15, -0.1) is 17.9 Å². The summed E-state index contributed by atoms with van der Waals surface area (Å²) in [5, 5.41) is 6.64. The fourth-order valence-corrected chi connectivity index (χ4v) is 4.76. The number of nitrogens with one attached hydrogen (secondary N) is 1. The molecule has 0 fully saturated rings. The van der Waals surface area contributed by atoms with Gasteiger partial charge < -0.3 is 5.32 Å². The molecule has 6 nitrogen and oxygen atoms in total. The molecule has 0 unspecified atom stereocenters. The lowest BCUT2D eigenvalue weighted by molar-refractivity contribution is -0.113. The van der Waals surface area contributed by atoms with Gasteiger partial charge in [0, 0.05) is 22.5 Å². The number of hydrogen-bond donors (Lipinski definition) is 1. The summed E-state index contributed by atoms with van der Waals surface area (Å²) in [6.07, 6.45) is 1.62. The second-order valence-corrected chi connectivity index (χ2v) is 9.24. The highest BCUT2D eigenvalue weighted by atomic mass is 35.5. The van der Waals surface area contributed by atoms with Crippen molar-refractivity contribution in [1.82, 2.24) is 14.5 Å². The third-order valence-electron chi connectivity index (χ3n) is 4.62. The molecule has 2 aromatic heterocycles. The summed E-state index contributed by atoms with van der Waals surface area (Å²) in [6.45, 7) is 6.03. The summed E-state index contributed by atoms with van der Waals surface area (Å²) < 4.78 is 1.50. The number of carbonyl (C=O) groups is 1. The van der Waals surface area contributed by atoms with Crippen molar-refractivity contribution in [2.24, 2.45) is 0 Å². The van der Waals surface area contributed by atoms with Crippen molar-refractivity contribution in [1.29, 1.82) is 0 Å². The van der Waals surface area contributed by atoms with Crippen molar-refractivity contribution < 1.29 is 4.79 Å². The maximum Gasteiger partial charge on any atom is 0.262 e. The number of allylic oxidation sites excluding steroid dienone is 1. The van der Waals surface area contributed by atoms with Crippen LogP contribution in [0.3, 0.4) is 0 Å². The van der Waals surface area contributed by atoms with E-state index in [1.807, 2.05) is 36.6 Å². The number of thiazole rings is 1. The topological polar surface area (TPSA) is 76.9 Å². The zero-order valence-electron chi connectivity index (χ0n) is 17.2. The van der Waals surface area contributed by atoms with Gasteiger partial charge in [-0.25, -0.2) is 9.97 Å². The third kappa shape index (κ3) is 4.93. The number of amides is 1. The van der Waals surface area contributed by atoms with Gasteiger partial charge in [-0.05, 0) is 25.1 Å². The van der Waals surface area contributed by atoms with Crippen LogP contribution in [0, 0.1) is 6.92 Å². The Morgan fingerprint density at radius 2 is 2.03 bits per heavy atom. The van der Waals surface area contributed by atoms with Gasteiger partial charge >= 0.3 is 0 Å². The summed E-state index contributed by atoms with van der Waals surface area (Å²) in [7, 11) is 0. The molecule has 0 radical (unpaired) electrons. The smallest absolute Gasteiger partial charge is 0.262 e. The summed E-state index contributed by atoms with van der Waals surface area (Å²) in [4.78, 5) is 34.4. The molecule has 0 aliphatic heterocycles. The Morgan fingerprint density at radius 3 is 2.78 bits per heavy atom. The average Bonchev–Trinajstić information content (AvgIpc) is 3.23. The van der Waals surface area contributed by atoms with Crippen LogP contribution in [0.25, 0.3) is 22.2 Å². The van der Waals surface area contributed by atoms with E-state index < -0.39 is 0 Å². The van der Waals surface area contributed by atoms with Crippen LogP contribution in [-0.4, -0.2) is 26.2 Å². The van der Waals surface area contributed by atoms with Gasteiger partial charge in [-0.2, -0.15) is 0 Å². The number of rotatable bonds is 7. The molecule has 0 atom stereocenters. The van der Waals surface area contributed by atoms with Crippen LogP contribution in [0.2, 0.25) is 5.02 Å². The van der Waals surface area contributed by atoms with E-state index in [4.69, 9.17) is 11.6 Å². The number of fused-ring (bicyclic) bond motifs is 1. The Bertz CT molecular complexity index is 1360. The molecule has 2 aromatic carbocycles. The van der Waals surface area contributed by atoms with E-state index in [-0.39, 0.29) is 17.2 Å². The molecule has 4 rings (SSSR count). The fraction of sp³-hybridized carbons (Fsp3) is 0.130. The Labute approximate surface area is 198 Å². The van der Waals surface area contributed by atoms with Crippen LogP contribution in [0.4, 0.5) is 5.13 Å². The minimum atomic E-state index is -0.231. The largest absolute Gasteiger partial charge is 0.301 e. The van der Waals surface area contributed by atoms with E-state index in [1.54, 1.807) is 24.3 Å². The first-order chi connectivity index (χ1) is 15.4. The van der Waals surface area contributed by atoms with Crippen molar-refractivity contribution in [2.75, 3.05) is 11.1 Å². The predicted molar refractivity (Wildman–Crippen MR) is 133 cm³/mol. The molecule has 1 amide bonds. The third-order valence-corrected chi connectivity index (χ3v) is 6.59. The number of thioether (sulfide) groups is 1. The Kier molecular flexibility index (Phi) is 6.74. The van der Waals surface area contributed by atoms with Crippen molar-refractivity contribution in [3.63, 3.8) is 0 Å².